The number of hydrogen-bond acceptors (Lipinski definition) is 4. The van der Waals surface area contributed by atoms with Gasteiger partial charge in [0, 0.05) is 36.5 Å². The highest BCUT2D eigenvalue weighted by Crippen LogP contribution is 2.27. The molecule has 3 amide bonds. The number of H-pyrrole nitrogens is 1. The molecule has 2 aromatic carbocycles. The molecule has 0 aliphatic carbocycles. The summed E-state index contributed by atoms with van der Waals surface area (Å²) in [5.74, 6) is -2.55. The minimum atomic E-state index is -0.812. The Balaban J connectivity index is 1.79. The molecule has 3 rings (SSSR count). The molecule has 0 radical (unpaired) electrons. The third-order valence-electron chi connectivity index (χ3n) is 6.80. The number of benzene rings is 2. The van der Waals surface area contributed by atoms with E-state index < -0.39 is 23.8 Å². The maximum Gasteiger partial charge on any atom is 0.247 e. The second-order valence-electron chi connectivity index (χ2n) is 9.94. The van der Waals surface area contributed by atoms with Crippen LogP contribution in [0.2, 0.25) is 0 Å². The maximum atomic E-state index is 13.6. The molecule has 8 nitrogen and oxygen atoms in total. The lowest BCUT2D eigenvalue weighted by atomic mass is 9.80. The van der Waals surface area contributed by atoms with Gasteiger partial charge in [-0.3, -0.25) is 19.6 Å². The zero-order chi connectivity index (χ0) is 26.8. The fourth-order valence-corrected chi connectivity index (χ4v) is 4.91. The highest BCUT2D eigenvalue weighted by molar-refractivity contribution is 5.92. The number of aryl methyl sites for hydroxylation is 1. The van der Waals surface area contributed by atoms with Gasteiger partial charge < -0.3 is 15.6 Å². The minimum Gasteiger partial charge on any atom is -0.361 e. The second kappa shape index (κ2) is 13.6. The molecule has 0 saturated carbocycles. The van der Waals surface area contributed by atoms with Crippen LogP contribution < -0.4 is 16.1 Å². The number of aromatic nitrogens is 1. The lowest BCUT2D eigenvalue weighted by molar-refractivity contribution is -0.142. The molecule has 5 N–H and O–H groups in total. The van der Waals surface area contributed by atoms with Crippen molar-refractivity contribution in [2.75, 3.05) is 7.05 Å². The molecular formula is C29H38N4O4. The van der Waals surface area contributed by atoms with Gasteiger partial charge in [-0.15, -0.1) is 0 Å². The Kier molecular flexibility index (Phi) is 10.3. The summed E-state index contributed by atoms with van der Waals surface area (Å²) in [6.45, 7) is 3.97. The van der Waals surface area contributed by atoms with Crippen LogP contribution in [0.3, 0.4) is 0 Å². The average molecular weight is 507 g/mol. The van der Waals surface area contributed by atoms with Crippen LogP contribution in [0.1, 0.15) is 44.2 Å². The molecule has 1 aromatic heterocycles. The standard InChI is InChI=1S/C29H38N4O4/c1-19(2)16-24(23(28(35)33-37)14-9-12-20-10-5-4-6-11-20)27(34)32-26(29(36)30-3)17-21-18-31-25-15-8-7-13-22(21)25/h4-8,10-11,13,15,18-19,23-24,26,31,37H,9,12,14,16-17H2,1-3H3,(H,30,36)(H,32,34)(H,33,35)/t23-,24+,26-/m0/s1. The van der Waals surface area contributed by atoms with E-state index in [-0.39, 0.29) is 17.7 Å². The van der Waals surface area contributed by atoms with E-state index in [4.69, 9.17) is 0 Å². The van der Waals surface area contributed by atoms with Crippen LogP contribution in [-0.2, 0) is 27.2 Å². The van der Waals surface area contributed by atoms with E-state index in [1.54, 1.807) is 5.48 Å². The number of hydroxylamine groups is 1. The summed E-state index contributed by atoms with van der Waals surface area (Å²) >= 11 is 0. The summed E-state index contributed by atoms with van der Waals surface area (Å²) in [6, 6.07) is 16.9. The van der Waals surface area contributed by atoms with Crippen molar-refractivity contribution in [1.82, 2.24) is 21.1 Å². The van der Waals surface area contributed by atoms with E-state index >= 15 is 0 Å². The smallest absolute Gasteiger partial charge is 0.247 e. The van der Waals surface area contributed by atoms with E-state index in [1.165, 1.54) is 7.05 Å². The Labute approximate surface area is 218 Å². The van der Waals surface area contributed by atoms with Crippen LogP contribution in [0, 0.1) is 17.8 Å². The largest absolute Gasteiger partial charge is 0.361 e. The number of aromatic amines is 1. The first kappa shape index (κ1) is 27.9. The minimum absolute atomic E-state index is 0.130. The Bertz CT molecular complexity index is 1170. The maximum absolute atomic E-state index is 13.6. The Hall–Kier alpha value is -3.65. The van der Waals surface area contributed by atoms with Gasteiger partial charge in [0.25, 0.3) is 0 Å². The molecule has 0 fully saturated rings. The summed E-state index contributed by atoms with van der Waals surface area (Å²) < 4.78 is 0. The van der Waals surface area contributed by atoms with E-state index in [0.717, 1.165) is 28.5 Å². The number of carbonyl (C=O) groups excluding carboxylic acids is 3. The number of carbonyl (C=O) groups is 3. The average Bonchev–Trinajstić information content (AvgIpc) is 3.32. The van der Waals surface area contributed by atoms with Crippen molar-refractivity contribution in [1.29, 1.82) is 0 Å². The van der Waals surface area contributed by atoms with Crippen molar-refractivity contribution in [3.8, 4) is 0 Å². The van der Waals surface area contributed by atoms with Gasteiger partial charge in [0.15, 0.2) is 0 Å². The van der Waals surface area contributed by atoms with Crippen LogP contribution in [0.25, 0.3) is 10.9 Å². The number of likely N-dealkylation sites (N-methyl/N-ethyl adjacent to an activating group) is 1. The van der Waals surface area contributed by atoms with Crippen LogP contribution >= 0.6 is 0 Å². The topological polar surface area (TPSA) is 123 Å². The predicted octanol–water partition coefficient (Wildman–Crippen LogP) is 3.75. The second-order valence-corrected chi connectivity index (χ2v) is 9.94. The molecule has 37 heavy (non-hydrogen) atoms. The van der Waals surface area contributed by atoms with Gasteiger partial charge in [-0.05, 0) is 48.8 Å². The van der Waals surface area contributed by atoms with Crippen molar-refractivity contribution in [3.05, 3.63) is 71.9 Å². The highest BCUT2D eigenvalue weighted by atomic mass is 16.5. The Morgan fingerprint density at radius 1 is 0.919 bits per heavy atom. The molecule has 0 aliphatic heterocycles. The van der Waals surface area contributed by atoms with Gasteiger partial charge in [0.05, 0.1) is 5.92 Å². The van der Waals surface area contributed by atoms with Gasteiger partial charge in [-0.2, -0.15) is 0 Å². The zero-order valence-electron chi connectivity index (χ0n) is 21.8. The molecule has 198 valence electrons. The summed E-state index contributed by atoms with van der Waals surface area (Å²) in [5.41, 5.74) is 4.78. The van der Waals surface area contributed by atoms with Crippen LogP contribution in [-0.4, -0.2) is 41.0 Å². The fourth-order valence-electron chi connectivity index (χ4n) is 4.91. The monoisotopic (exact) mass is 506 g/mol. The van der Waals surface area contributed by atoms with Gasteiger partial charge >= 0.3 is 0 Å². The molecule has 0 saturated heterocycles. The summed E-state index contributed by atoms with van der Waals surface area (Å²) in [4.78, 5) is 42.4. The normalized spacial score (nSPS) is 13.6. The first-order chi connectivity index (χ1) is 17.8. The predicted molar refractivity (Wildman–Crippen MR) is 144 cm³/mol. The first-order valence-corrected chi connectivity index (χ1v) is 12.9. The number of fused-ring (bicyclic) bond motifs is 1. The van der Waals surface area contributed by atoms with Crippen molar-refractivity contribution in [2.45, 2.75) is 52.0 Å². The summed E-state index contributed by atoms with van der Waals surface area (Å²) in [7, 11) is 1.54. The molecule has 3 atom stereocenters. The SMILES string of the molecule is CNC(=O)[C@H](Cc1c[nH]c2ccccc12)NC(=O)[C@H](CC(C)C)[C@H](CCCc1ccccc1)C(=O)NO. The van der Waals surface area contributed by atoms with Crippen molar-refractivity contribution >= 4 is 28.6 Å². The van der Waals surface area contributed by atoms with E-state index in [9.17, 15) is 19.6 Å². The Morgan fingerprint density at radius 2 is 1.62 bits per heavy atom. The van der Waals surface area contributed by atoms with E-state index in [2.05, 4.69) is 15.6 Å². The third-order valence-corrected chi connectivity index (χ3v) is 6.80. The molecule has 3 aromatic rings. The fraction of sp³-hybridized carbons (Fsp3) is 0.414. The number of rotatable bonds is 13. The van der Waals surface area contributed by atoms with Crippen LogP contribution in [0.4, 0.5) is 0 Å². The van der Waals surface area contributed by atoms with Gasteiger partial charge in [-0.1, -0.05) is 62.4 Å². The molecule has 1 heterocycles. The van der Waals surface area contributed by atoms with Gasteiger partial charge in [-0.25, -0.2) is 5.48 Å². The quantitative estimate of drug-likeness (QED) is 0.179. The molecule has 8 heteroatoms. The lowest BCUT2D eigenvalue weighted by Gasteiger charge is -2.28. The summed E-state index contributed by atoms with van der Waals surface area (Å²) in [5, 5.41) is 16.0. The van der Waals surface area contributed by atoms with Crippen LogP contribution in [0.15, 0.2) is 60.8 Å². The molecule has 0 aliphatic rings. The molecule has 0 bridgehead atoms. The Morgan fingerprint density at radius 3 is 2.30 bits per heavy atom. The first-order valence-electron chi connectivity index (χ1n) is 12.9. The molecule has 0 unspecified atom stereocenters. The number of amides is 3. The van der Waals surface area contributed by atoms with Crippen molar-refractivity contribution in [3.63, 3.8) is 0 Å². The lowest BCUT2D eigenvalue weighted by Crippen LogP contribution is -2.51. The van der Waals surface area contributed by atoms with Gasteiger partial charge in [0.1, 0.15) is 6.04 Å². The number of para-hydroxylation sites is 1. The van der Waals surface area contributed by atoms with Crippen molar-refractivity contribution < 1.29 is 19.6 Å². The van der Waals surface area contributed by atoms with Crippen LogP contribution in [0.5, 0.6) is 0 Å². The number of nitrogens with one attached hydrogen (secondary N) is 4. The van der Waals surface area contributed by atoms with E-state index in [0.29, 0.717) is 25.7 Å². The third kappa shape index (κ3) is 7.67. The number of hydrogen-bond donors (Lipinski definition) is 5. The van der Waals surface area contributed by atoms with E-state index in [1.807, 2.05) is 74.6 Å². The van der Waals surface area contributed by atoms with Crippen molar-refractivity contribution in [2.24, 2.45) is 17.8 Å². The van der Waals surface area contributed by atoms with Gasteiger partial charge in [0.2, 0.25) is 17.7 Å². The molecular weight excluding hydrogens is 468 g/mol. The highest BCUT2D eigenvalue weighted by Gasteiger charge is 2.35. The molecule has 0 spiro atoms. The zero-order valence-corrected chi connectivity index (χ0v) is 21.8. The summed E-state index contributed by atoms with van der Waals surface area (Å²) in [6.07, 6.45) is 4.46.